The predicted octanol–water partition coefficient (Wildman–Crippen LogP) is 2.67. The summed E-state index contributed by atoms with van der Waals surface area (Å²) in [6, 6.07) is 11.9. The molecule has 0 atom stereocenters. The van der Waals surface area contributed by atoms with Gasteiger partial charge in [0, 0.05) is 44.5 Å². The SMILES string of the molecule is COC1(c2cc(CC(=S)c3ccccc3)nc(N)n2)CCOCC1. The van der Waals surface area contributed by atoms with Gasteiger partial charge in [-0.15, -0.1) is 0 Å². The van der Waals surface area contributed by atoms with Crippen LogP contribution >= 0.6 is 12.2 Å². The van der Waals surface area contributed by atoms with Gasteiger partial charge in [0.1, 0.15) is 5.60 Å². The zero-order valence-electron chi connectivity index (χ0n) is 13.7. The van der Waals surface area contributed by atoms with Crippen molar-refractivity contribution < 1.29 is 9.47 Å². The molecule has 0 aliphatic carbocycles. The van der Waals surface area contributed by atoms with Gasteiger partial charge in [-0.3, -0.25) is 0 Å². The van der Waals surface area contributed by atoms with Crippen LogP contribution in [0.25, 0.3) is 0 Å². The van der Waals surface area contributed by atoms with E-state index in [0.717, 1.165) is 34.7 Å². The monoisotopic (exact) mass is 343 g/mol. The first-order valence-electron chi connectivity index (χ1n) is 7.98. The fourth-order valence-corrected chi connectivity index (χ4v) is 3.28. The van der Waals surface area contributed by atoms with Crippen LogP contribution in [0.5, 0.6) is 0 Å². The van der Waals surface area contributed by atoms with Gasteiger partial charge in [-0.25, -0.2) is 9.97 Å². The van der Waals surface area contributed by atoms with Crippen LogP contribution in [-0.4, -0.2) is 35.2 Å². The zero-order valence-corrected chi connectivity index (χ0v) is 14.5. The van der Waals surface area contributed by atoms with Crippen molar-refractivity contribution in [2.45, 2.75) is 24.9 Å². The molecule has 0 amide bonds. The maximum absolute atomic E-state index is 5.94. The smallest absolute Gasteiger partial charge is 0.220 e. The Balaban J connectivity index is 1.87. The van der Waals surface area contributed by atoms with E-state index in [1.54, 1.807) is 7.11 Å². The summed E-state index contributed by atoms with van der Waals surface area (Å²) in [7, 11) is 1.71. The number of benzene rings is 1. The van der Waals surface area contributed by atoms with Gasteiger partial charge >= 0.3 is 0 Å². The summed E-state index contributed by atoms with van der Waals surface area (Å²) in [5.74, 6) is 0.251. The lowest BCUT2D eigenvalue weighted by atomic mass is 9.89. The third-order valence-electron chi connectivity index (χ3n) is 4.39. The molecule has 0 spiro atoms. The van der Waals surface area contributed by atoms with Crippen LogP contribution in [0.2, 0.25) is 0 Å². The molecule has 3 rings (SSSR count). The molecule has 1 aliphatic heterocycles. The van der Waals surface area contributed by atoms with Gasteiger partial charge in [-0.1, -0.05) is 42.5 Å². The van der Waals surface area contributed by atoms with Crippen molar-refractivity contribution in [3.05, 3.63) is 53.3 Å². The fraction of sp³-hybridized carbons (Fsp3) is 0.389. The van der Waals surface area contributed by atoms with E-state index in [0.29, 0.717) is 19.6 Å². The molecule has 6 heteroatoms. The van der Waals surface area contributed by atoms with Crippen molar-refractivity contribution in [3.8, 4) is 0 Å². The van der Waals surface area contributed by atoms with E-state index in [4.69, 9.17) is 27.4 Å². The summed E-state index contributed by atoms with van der Waals surface area (Å²) in [6.45, 7) is 1.30. The lowest BCUT2D eigenvalue weighted by molar-refractivity contribution is -0.0973. The van der Waals surface area contributed by atoms with Gasteiger partial charge in [0.05, 0.1) is 11.4 Å². The molecule has 0 radical (unpaired) electrons. The Morgan fingerprint density at radius 3 is 2.62 bits per heavy atom. The molecule has 0 bridgehead atoms. The number of anilines is 1. The Labute approximate surface area is 147 Å². The van der Waals surface area contributed by atoms with Gasteiger partial charge in [0.25, 0.3) is 0 Å². The van der Waals surface area contributed by atoms with Gasteiger partial charge in [-0.05, 0) is 11.6 Å². The highest BCUT2D eigenvalue weighted by Crippen LogP contribution is 2.34. The number of nitrogen functional groups attached to an aromatic ring is 1. The van der Waals surface area contributed by atoms with E-state index in [1.165, 1.54) is 0 Å². The summed E-state index contributed by atoms with van der Waals surface area (Å²) in [5.41, 5.74) is 8.13. The molecule has 2 heterocycles. The molecule has 1 fully saturated rings. The first kappa shape index (κ1) is 17.0. The zero-order chi connectivity index (χ0) is 17.0. The Morgan fingerprint density at radius 2 is 1.96 bits per heavy atom. The molecule has 1 aromatic heterocycles. The Kier molecular flexibility index (Phi) is 5.18. The number of ether oxygens (including phenoxy) is 2. The number of nitrogens with zero attached hydrogens (tertiary/aromatic N) is 2. The van der Waals surface area contributed by atoms with Crippen molar-refractivity contribution in [2.24, 2.45) is 0 Å². The number of thiocarbonyl (C=S) groups is 1. The topological polar surface area (TPSA) is 70.3 Å². The van der Waals surface area contributed by atoms with Crippen LogP contribution in [0.4, 0.5) is 5.95 Å². The van der Waals surface area contributed by atoms with Crippen LogP contribution < -0.4 is 5.73 Å². The highest BCUT2D eigenvalue weighted by atomic mass is 32.1. The first-order valence-corrected chi connectivity index (χ1v) is 8.39. The molecule has 2 aromatic rings. The van der Waals surface area contributed by atoms with E-state index in [1.807, 2.05) is 36.4 Å². The van der Waals surface area contributed by atoms with Crippen molar-refractivity contribution in [1.29, 1.82) is 0 Å². The van der Waals surface area contributed by atoms with Gasteiger partial charge in [0.15, 0.2) is 0 Å². The van der Waals surface area contributed by atoms with Gasteiger partial charge < -0.3 is 15.2 Å². The average Bonchev–Trinajstić information content (AvgIpc) is 2.62. The van der Waals surface area contributed by atoms with E-state index in [2.05, 4.69) is 9.97 Å². The Morgan fingerprint density at radius 1 is 1.25 bits per heavy atom. The molecule has 1 aromatic carbocycles. The molecule has 0 saturated carbocycles. The lowest BCUT2D eigenvalue weighted by Gasteiger charge is -2.35. The molecule has 126 valence electrons. The van der Waals surface area contributed by atoms with Crippen LogP contribution in [0.15, 0.2) is 36.4 Å². The van der Waals surface area contributed by atoms with Gasteiger partial charge in [0.2, 0.25) is 5.95 Å². The molecule has 2 N–H and O–H groups in total. The summed E-state index contributed by atoms with van der Waals surface area (Å²) < 4.78 is 11.3. The molecule has 1 aliphatic rings. The van der Waals surface area contributed by atoms with Crippen molar-refractivity contribution in [3.63, 3.8) is 0 Å². The molecular weight excluding hydrogens is 322 g/mol. The molecule has 0 unspecified atom stereocenters. The molecular formula is C18H21N3O2S. The Hall–Kier alpha value is -1.89. The summed E-state index contributed by atoms with van der Waals surface area (Å²) in [5, 5.41) is 0. The number of methoxy groups -OCH3 is 1. The summed E-state index contributed by atoms with van der Waals surface area (Å²) in [4.78, 5) is 9.61. The number of hydrogen-bond donors (Lipinski definition) is 1. The standard InChI is InChI=1S/C18H21N3O2S/c1-22-18(7-9-23-10-8-18)16-12-14(20-17(19)21-16)11-15(24)13-5-3-2-4-6-13/h2-6,12H,7-11H2,1H3,(H2,19,20,21). The van der Waals surface area contributed by atoms with Crippen molar-refractivity contribution >= 4 is 23.0 Å². The number of rotatable bonds is 5. The highest BCUT2D eigenvalue weighted by molar-refractivity contribution is 7.80. The minimum atomic E-state index is -0.460. The molecule has 24 heavy (non-hydrogen) atoms. The van der Waals surface area contributed by atoms with E-state index in [-0.39, 0.29) is 5.95 Å². The minimum absolute atomic E-state index is 0.251. The quantitative estimate of drug-likeness (QED) is 0.665. The number of nitrogens with two attached hydrogens (primary N) is 1. The fourth-order valence-electron chi connectivity index (χ4n) is 3.00. The van der Waals surface area contributed by atoms with Gasteiger partial charge in [-0.2, -0.15) is 0 Å². The first-order chi connectivity index (χ1) is 11.6. The van der Waals surface area contributed by atoms with E-state index < -0.39 is 5.60 Å². The van der Waals surface area contributed by atoms with Crippen LogP contribution in [0.3, 0.4) is 0 Å². The summed E-state index contributed by atoms with van der Waals surface area (Å²) in [6.07, 6.45) is 2.06. The second-order valence-electron chi connectivity index (χ2n) is 5.88. The largest absolute Gasteiger partial charge is 0.381 e. The maximum atomic E-state index is 5.94. The van der Waals surface area contributed by atoms with E-state index in [9.17, 15) is 0 Å². The molecule has 5 nitrogen and oxygen atoms in total. The normalized spacial score (nSPS) is 16.7. The van der Waals surface area contributed by atoms with Crippen LogP contribution in [0.1, 0.15) is 29.8 Å². The van der Waals surface area contributed by atoms with E-state index >= 15 is 0 Å². The minimum Gasteiger partial charge on any atom is -0.381 e. The van der Waals surface area contributed by atoms with Crippen molar-refractivity contribution in [2.75, 3.05) is 26.1 Å². The highest BCUT2D eigenvalue weighted by Gasteiger charge is 2.36. The number of hydrogen-bond acceptors (Lipinski definition) is 6. The van der Waals surface area contributed by atoms with Crippen LogP contribution in [0, 0.1) is 0 Å². The van der Waals surface area contributed by atoms with Crippen LogP contribution in [-0.2, 0) is 21.5 Å². The molecule has 1 saturated heterocycles. The second-order valence-corrected chi connectivity index (χ2v) is 6.37. The predicted molar refractivity (Wildman–Crippen MR) is 97.0 cm³/mol. The lowest BCUT2D eigenvalue weighted by Crippen LogP contribution is -2.37. The van der Waals surface area contributed by atoms with Crippen molar-refractivity contribution in [1.82, 2.24) is 9.97 Å². The third-order valence-corrected chi connectivity index (χ3v) is 4.77. The third kappa shape index (κ3) is 3.61. The second kappa shape index (κ2) is 7.34. The maximum Gasteiger partial charge on any atom is 0.220 e. The Bertz CT molecular complexity index is 715. The average molecular weight is 343 g/mol. The number of aromatic nitrogens is 2. The summed E-state index contributed by atoms with van der Waals surface area (Å²) >= 11 is 5.55.